The first kappa shape index (κ1) is 15.0. The highest BCUT2D eigenvalue weighted by Gasteiger charge is 2.16. The van der Waals surface area contributed by atoms with E-state index in [1.54, 1.807) is 0 Å². The molecular formula is C14H19NO4. The predicted molar refractivity (Wildman–Crippen MR) is 71.2 cm³/mol. The molecule has 0 heterocycles. The summed E-state index contributed by atoms with van der Waals surface area (Å²) in [5.41, 5.74) is 1.03. The van der Waals surface area contributed by atoms with Crippen LogP contribution in [0.3, 0.4) is 0 Å². The highest BCUT2D eigenvalue weighted by atomic mass is 16.5. The second-order valence-electron chi connectivity index (χ2n) is 4.59. The summed E-state index contributed by atoms with van der Waals surface area (Å²) in [6.45, 7) is 4.29. The summed E-state index contributed by atoms with van der Waals surface area (Å²) in [4.78, 5) is 22.8. The molecule has 0 aromatic heterocycles. The smallest absolute Gasteiger partial charge is 0.394 e. The zero-order valence-electron chi connectivity index (χ0n) is 11.4. The highest BCUT2D eigenvalue weighted by Crippen LogP contribution is 2.14. The van der Waals surface area contributed by atoms with Crippen molar-refractivity contribution in [1.82, 2.24) is 4.90 Å². The molecule has 0 fully saturated rings. The van der Waals surface area contributed by atoms with E-state index in [4.69, 9.17) is 9.84 Å². The molecule has 0 aliphatic heterocycles. The maximum atomic E-state index is 11.1. The third-order valence-corrected chi connectivity index (χ3v) is 2.56. The molecule has 0 aliphatic rings. The highest BCUT2D eigenvalue weighted by molar-refractivity contribution is 6.31. The average Bonchev–Trinajstić information content (AvgIpc) is 2.35. The molecule has 5 heteroatoms. The summed E-state index contributed by atoms with van der Waals surface area (Å²) >= 11 is 0. The number of ether oxygens (including phenoxy) is 1. The van der Waals surface area contributed by atoms with Crippen LogP contribution >= 0.6 is 0 Å². The Bertz CT molecular complexity index is 439. The monoisotopic (exact) mass is 265 g/mol. The Kier molecular flexibility index (Phi) is 5.36. The van der Waals surface area contributed by atoms with Crippen LogP contribution in [0.25, 0.3) is 0 Å². The standard InChI is InChI=1S/C14H19NO4/c1-10(2)19-12-6-4-11(5-7-12)8-9-15(3)13(16)14(17)18/h4-7,10H,8-9H2,1-3H3,(H,17,18). The van der Waals surface area contributed by atoms with Crippen molar-refractivity contribution in [3.63, 3.8) is 0 Å². The van der Waals surface area contributed by atoms with Gasteiger partial charge in [-0.15, -0.1) is 0 Å². The summed E-state index contributed by atoms with van der Waals surface area (Å²) in [5.74, 6) is -1.52. The molecule has 0 saturated heterocycles. The fourth-order valence-corrected chi connectivity index (χ4v) is 1.57. The van der Waals surface area contributed by atoms with Crippen molar-refractivity contribution in [1.29, 1.82) is 0 Å². The molecule has 0 bridgehead atoms. The number of carbonyl (C=O) groups is 2. The molecule has 0 spiro atoms. The van der Waals surface area contributed by atoms with Gasteiger partial charge >= 0.3 is 11.9 Å². The van der Waals surface area contributed by atoms with Gasteiger partial charge in [-0.3, -0.25) is 4.79 Å². The molecule has 1 rings (SSSR count). The molecule has 104 valence electrons. The van der Waals surface area contributed by atoms with Crippen molar-refractivity contribution in [2.75, 3.05) is 13.6 Å². The van der Waals surface area contributed by atoms with Crippen LogP contribution < -0.4 is 4.74 Å². The lowest BCUT2D eigenvalue weighted by molar-refractivity contribution is -0.155. The normalized spacial score (nSPS) is 10.3. The van der Waals surface area contributed by atoms with Crippen LogP contribution in [0.2, 0.25) is 0 Å². The fourth-order valence-electron chi connectivity index (χ4n) is 1.57. The Morgan fingerprint density at radius 1 is 1.26 bits per heavy atom. The molecule has 19 heavy (non-hydrogen) atoms. The lowest BCUT2D eigenvalue weighted by Crippen LogP contribution is -2.34. The number of hydrogen-bond acceptors (Lipinski definition) is 3. The average molecular weight is 265 g/mol. The third kappa shape index (κ3) is 4.99. The number of benzene rings is 1. The zero-order chi connectivity index (χ0) is 14.4. The van der Waals surface area contributed by atoms with Crippen LogP contribution in [-0.2, 0) is 16.0 Å². The largest absolute Gasteiger partial charge is 0.491 e. The van der Waals surface area contributed by atoms with E-state index < -0.39 is 11.9 Å². The summed E-state index contributed by atoms with van der Waals surface area (Å²) in [5, 5.41) is 8.56. The van der Waals surface area contributed by atoms with E-state index in [0.29, 0.717) is 13.0 Å². The topological polar surface area (TPSA) is 66.8 Å². The minimum atomic E-state index is -1.43. The first-order valence-corrected chi connectivity index (χ1v) is 6.14. The SMILES string of the molecule is CC(C)Oc1ccc(CCN(C)C(=O)C(=O)O)cc1. The molecule has 0 radical (unpaired) electrons. The molecule has 1 N–H and O–H groups in total. The molecular weight excluding hydrogens is 246 g/mol. The lowest BCUT2D eigenvalue weighted by Gasteiger charge is -2.14. The van der Waals surface area contributed by atoms with Gasteiger partial charge in [-0.05, 0) is 38.0 Å². The molecule has 1 amide bonds. The second kappa shape index (κ2) is 6.78. The van der Waals surface area contributed by atoms with Gasteiger partial charge in [0.2, 0.25) is 0 Å². The molecule has 1 aromatic rings. The van der Waals surface area contributed by atoms with Crippen LogP contribution in [-0.4, -0.2) is 41.6 Å². The van der Waals surface area contributed by atoms with Crippen molar-refractivity contribution in [3.05, 3.63) is 29.8 Å². The molecule has 1 aromatic carbocycles. The van der Waals surface area contributed by atoms with Gasteiger partial charge in [-0.2, -0.15) is 0 Å². The van der Waals surface area contributed by atoms with E-state index in [0.717, 1.165) is 11.3 Å². The third-order valence-electron chi connectivity index (χ3n) is 2.56. The molecule has 0 saturated carbocycles. The number of nitrogens with zero attached hydrogens (tertiary/aromatic N) is 1. The summed E-state index contributed by atoms with van der Waals surface area (Å²) in [6, 6.07) is 7.57. The number of carbonyl (C=O) groups excluding carboxylic acids is 1. The lowest BCUT2D eigenvalue weighted by atomic mass is 10.1. The maximum Gasteiger partial charge on any atom is 0.394 e. The molecule has 0 aliphatic carbocycles. The van der Waals surface area contributed by atoms with Crippen molar-refractivity contribution in [2.24, 2.45) is 0 Å². The molecule has 5 nitrogen and oxygen atoms in total. The fraction of sp³-hybridized carbons (Fsp3) is 0.429. The number of hydrogen-bond donors (Lipinski definition) is 1. The number of carboxylic acids is 1. The van der Waals surface area contributed by atoms with Crippen molar-refractivity contribution in [2.45, 2.75) is 26.4 Å². The quantitative estimate of drug-likeness (QED) is 0.820. The first-order valence-electron chi connectivity index (χ1n) is 6.14. The van der Waals surface area contributed by atoms with Gasteiger partial charge in [-0.1, -0.05) is 12.1 Å². The number of likely N-dealkylation sites (N-methyl/N-ethyl adjacent to an activating group) is 1. The predicted octanol–water partition coefficient (Wildman–Crippen LogP) is 1.56. The van der Waals surface area contributed by atoms with Gasteiger partial charge in [0, 0.05) is 13.6 Å². The van der Waals surface area contributed by atoms with Gasteiger partial charge in [0.05, 0.1) is 6.10 Å². The van der Waals surface area contributed by atoms with Crippen LogP contribution in [0.15, 0.2) is 24.3 Å². The van der Waals surface area contributed by atoms with E-state index in [2.05, 4.69) is 0 Å². The number of carboxylic acid groups (broad SMARTS) is 1. The first-order chi connectivity index (χ1) is 8.90. The van der Waals surface area contributed by atoms with Gasteiger partial charge < -0.3 is 14.7 Å². The molecule has 0 atom stereocenters. The van der Waals surface area contributed by atoms with Gasteiger partial charge in [-0.25, -0.2) is 4.79 Å². The van der Waals surface area contributed by atoms with Crippen molar-refractivity contribution >= 4 is 11.9 Å². The maximum absolute atomic E-state index is 11.1. The van der Waals surface area contributed by atoms with Gasteiger partial charge in [0.15, 0.2) is 0 Å². The zero-order valence-corrected chi connectivity index (χ0v) is 11.4. The Morgan fingerprint density at radius 3 is 2.32 bits per heavy atom. The van der Waals surface area contributed by atoms with Crippen LogP contribution in [0, 0.1) is 0 Å². The number of amides is 1. The van der Waals surface area contributed by atoms with Crippen LogP contribution in [0.1, 0.15) is 19.4 Å². The van der Waals surface area contributed by atoms with E-state index >= 15 is 0 Å². The molecule has 0 unspecified atom stereocenters. The minimum absolute atomic E-state index is 0.130. The van der Waals surface area contributed by atoms with Crippen molar-refractivity contribution in [3.8, 4) is 5.75 Å². The second-order valence-corrected chi connectivity index (χ2v) is 4.59. The summed E-state index contributed by atoms with van der Waals surface area (Å²) in [7, 11) is 1.48. The van der Waals surface area contributed by atoms with E-state index in [9.17, 15) is 9.59 Å². The number of rotatable bonds is 5. The van der Waals surface area contributed by atoms with E-state index in [1.807, 2.05) is 38.1 Å². The Balaban J connectivity index is 2.50. The van der Waals surface area contributed by atoms with Crippen molar-refractivity contribution < 1.29 is 19.4 Å². The number of aliphatic carboxylic acids is 1. The van der Waals surface area contributed by atoms with Crippen LogP contribution in [0.4, 0.5) is 0 Å². The summed E-state index contributed by atoms with van der Waals surface area (Å²) in [6.07, 6.45) is 0.738. The Labute approximate surface area is 112 Å². The van der Waals surface area contributed by atoms with E-state index in [-0.39, 0.29) is 6.10 Å². The Morgan fingerprint density at radius 2 is 1.84 bits per heavy atom. The summed E-state index contributed by atoms with van der Waals surface area (Å²) < 4.78 is 5.52. The van der Waals surface area contributed by atoms with Gasteiger partial charge in [0.1, 0.15) is 5.75 Å². The Hall–Kier alpha value is -2.04. The van der Waals surface area contributed by atoms with Crippen LogP contribution in [0.5, 0.6) is 5.75 Å². The minimum Gasteiger partial charge on any atom is -0.491 e. The van der Waals surface area contributed by atoms with E-state index in [1.165, 1.54) is 11.9 Å². The van der Waals surface area contributed by atoms with Gasteiger partial charge in [0.25, 0.3) is 0 Å².